The van der Waals surface area contributed by atoms with Crippen LogP contribution in [-0.4, -0.2) is 7.11 Å². The van der Waals surface area contributed by atoms with Crippen LogP contribution in [0, 0.1) is 17.2 Å². The normalized spacial score (nSPS) is 15.2. The van der Waals surface area contributed by atoms with Crippen molar-refractivity contribution in [3.05, 3.63) is 35.1 Å². The number of hydrogen-bond acceptors (Lipinski definition) is 2. The Hall–Kier alpha value is -1.49. The molecule has 0 aliphatic heterocycles. The zero-order valence-electron chi connectivity index (χ0n) is 12.3. The second-order valence-corrected chi connectivity index (χ2v) is 4.41. The maximum absolute atomic E-state index is 8.87. The van der Waals surface area contributed by atoms with Crippen molar-refractivity contribution in [1.29, 1.82) is 5.26 Å². The predicted molar refractivity (Wildman–Crippen MR) is 76.9 cm³/mol. The standard InChI is InChI=1S/C16H25NO/c1-6-13(3)9-8-10-16(14(4)18-5)15(7-2)11-12-17/h8-10,15H,6-7,11H2,1-5H3/b10-8-,13-9-,16-14-. The molecule has 0 aliphatic rings. The summed E-state index contributed by atoms with van der Waals surface area (Å²) in [4.78, 5) is 0. The van der Waals surface area contributed by atoms with E-state index in [1.54, 1.807) is 7.11 Å². The zero-order valence-corrected chi connectivity index (χ0v) is 12.3. The maximum Gasteiger partial charge on any atom is 0.0959 e. The monoisotopic (exact) mass is 247 g/mol. The van der Waals surface area contributed by atoms with Gasteiger partial charge in [0.15, 0.2) is 0 Å². The molecule has 0 rings (SSSR count). The first-order valence-corrected chi connectivity index (χ1v) is 6.56. The molecular weight excluding hydrogens is 222 g/mol. The molecule has 2 heteroatoms. The van der Waals surface area contributed by atoms with Gasteiger partial charge in [0.25, 0.3) is 0 Å². The van der Waals surface area contributed by atoms with Crippen molar-refractivity contribution in [2.75, 3.05) is 7.11 Å². The van der Waals surface area contributed by atoms with E-state index in [2.05, 4.69) is 45.1 Å². The molecule has 0 aromatic heterocycles. The van der Waals surface area contributed by atoms with Crippen LogP contribution in [0.5, 0.6) is 0 Å². The van der Waals surface area contributed by atoms with Gasteiger partial charge in [-0.05, 0) is 38.2 Å². The molecule has 0 aromatic carbocycles. The van der Waals surface area contributed by atoms with Crippen LogP contribution in [-0.2, 0) is 4.74 Å². The number of nitriles is 1. The lowest BCUT2D eigenvalue weighted by Gasteiger charge is -2.15. The van der Waals surface area contributed by atoms with Crippen molar-refractivity contribution in [2.45, 2.75) is 47.0 Å². The summed E-state index contributed by atoms with van der Waals surface area (Å²) in [6.45, 7) is 8.31. The van der Waals surface area contributed by atoms with Crippen molar-refractivity contribution in [3.8, 4) is 6.07 Å². The summed E-state index contributed by atoms with van der Waals surface area (Å²) in [5.74, 6) is 1.15. The molecule has 1 atom stereocenters. The number of rotatable bonds is 7. The van der Waals surface area contributed by atoms with Crippen LogP contribution in [0.3, 0.4) is 0 Å². The average Bonchev–Trinajstić information content (AvgIpc) is 2.40. The summed E-state index contributed by atoms with van der Waals surface area (Å²) in [5, 5.41) is 8.87. The van der Waals surface area contributed by atoms with E-state index in [4.69, 9.17) is 10.00 Å². The second-order valence-electron chi connectivity index (χ2n) is 4.41. The second kappa shape index (κ2) is 9.53. The zero-order chi connectivity index (χ0) is 14.0. The molecule has 0 heterocycles. The lowest BCUT2D eigenvalue weighted by Crippen LogP contribution is -2.04. The molecule has 2 nitrogen and oxygen atoms in total. The first-order valence-electron chi connectivity index (χ1n) is 6.56. The van der Waals surface area contributed by atoms with Crippen LogP contribution in [0.4, 0.5) is 0 Å². The van der Waals surface area contributed by atoms with Gasteiger partial charge in [0.1, 0.15) is 0 Å². The highest BCUT2D eigenvalue weighted by atomic mass is 16.5. The molecule has 0 bridgehead atoms. The Morgan fingerprint density at radius 3 is 2.44 bits per heavy atom. The lowest BCUT2D eigenvalue weighted by atomic mass is 9.92. The summed E-state index contributed by atoms with van der Waals surface area (Å²) in [5.41, 5.74) is 2.47. The first-order chi connectivity index (χ1) is 8.60. The van der Waals surface area contributed by atoms with Gasteiger partial charge < -0.3 is 4.74 Å². The predicted octanol–water partition coefficient (Wildman–Crippen LogP) is 4.76. The van der Waals surface area contributed by atoms with E-state index in [9.17, 15) is 0 Å². The Morgan fingerprint density at radius 2 is 2.00 bits per heavy atom. The molecule has 18 heavy (non-hydrogen) atoms. The summed E-state index contributed by atoms with van der Waals surface area (Å²) >= 11 is 0. The fourth-order valence-corrected chi connectivity index (χ4v) is 1.68. The number of nitrogens with zero attached hydrogens (tertiary/aromatic N) is 1. The Labute approximate surface area is 112 Å². The third-order valence-corrected chi connectivity index (χ3v) is 3.20. The largest absolute Gasteiger partial charge is 0.501 e. The smallest absolute Gasteiger partial charge is 0.0959 e. The minimum Gasteiger partial charge on any atom is -0.501 e. The molecule has 1 unspecified atom stereocenters. The number of allylic oxidation sites excluding steroid dienone is 6. The van der Waals surface area contributed by atoms with Gasteiger partial charge in [0.2, 0.25) is 0 Å². The van der Waals surface area contributed by atoms with Crippen LogP contribution >= 0.6 is 0 Å². The summed E-state index contributed by atoms with van der Waals surface area (Å²) < 4.78 is 5.32. The van der Waals surface area contributed by atoms with E-state index >= 15 is 0 Å². The average molecular weight is 247 g/mol. The molecule has 100 valence electrons. The van der Waals surface area contributed by atoms with Gasteiger partial charge in [0.05, 0.1) is 18.9 Å². The van der Waals surface area contributed by atoms with Crippen molar-refractivity contribution >= 4 is 0 Å². The molecule has 0 aliphatic carbocycles. The van der Waals surface area contributed by atoms with Crippen LogP contribution < -0.4 is 0 Å². The van der Waals surface area contributed by atoms with E-state index < -0.39 is 0 Å². The van der Waals surface area contributed by atoms with Crippen LogP contribution in [0.2, 0.25) is 0 Å². The summed E-state index contributed by atoms with van der Waals surface area (Å²) in [6.07, 6.45) is 8.78. The van der Waals surface area contributed by atoms with E-state index in [1.165, 1.54) is 5.57 Å². The van der Waals surface area contributed by atoms with Crippen LogP contribution in [0.25, 0.3) is 0 Å². The SMILES string of the molecule is CC\C(C)=C/C=C\C(=C(/C)OC)C(CC)CC#N. The topological polar surface area (TPSA) is 33.0 Å². The van der Waals surface area contributed by atoms with Gasteiger partial charge in [-0.2, -0.15) is 5.26 Å². The van der Waals surface area contributed by atoms with Gasteiger partial charge in [-0.25, -0.2) is 0 Å². The Morgan fingerprint density at radius 1 is 1.33 bits per heavy atom. The van der Waals surface area contributed by atoms with Crippen molar-refractivity contribution < 1.29 is 4.74 Å². The Kier molecular flexibility index (Phi) is 8.74. The number of ether oxygens (including phenoxy) is 1. The molecule has 0 saturated heterocycles. The van der Waals surface area contributed by atoms with Crippen LogP contribution in [0.15, 0.2) is 35.1 Å². The van der Waals surface area contributed by atoms with Crippen molar-refractivity contribution in [2.24, 2.45) is 5.92 Å². The minimum absolute atomic E-state index is 0.251. The minimum atomic E-state index is 0.251. The fraction of sp³-hybridized carbons (Fsp3) is 0.562. The maximum atomic E-state index is 8.87. The Bertz CT molecular complexity index is 369. The fourth-order valence-electron chi connectivity index (χ4n) is 1.68. The summed E-state index contributed by atoms with van der Waals surface area (Å²) in [7, 11) is 1.68. The van der Waals surface area contributed by atoms with Crippen molar-refractivity contribution in [1.82, 2.24) is 0 Å². The Balaban J connectivity index is 5.10. The highest BCUT2D eigenvalue weighted by Crippen LogP contribution is 2.24. The van der Waals surface area contributed by atoms with Gasteiger partial charge in [-0.15, -0.1) is 0 Å². The lowest BCUT2D eigenvalue weighted by molar-refractivity contribution is 0.284. The van der Waals surface area contributed by atoms with Gasteiger partial charge >= 0.3 is 0 Å². The van der Waals surface area contributed by atoms with Crippen molar-refractivity contribution in [3.63, 3.8) is 0 Å². The van der Waals surface area contributed by atoms with E-state index in [0.717, 1.165) is 24.2 Å². The van der Waals surface area contributed by atoms with Gasteiger partial charge in [0, 0.05) is 6.42 Å². The highest BCUT2D eigenvalue weighted by molar-refractivity contribution is 5.28. The molecular formula is C16H25NO. The first kappa shape index (κ1) is 16.5. The molecule has 0 fully saturated rings. The highest BCUT2D eigenvalue weighted by Gasteiger charge is 2.13. The van der Waals surface area contributed by atoms with E-state index in [1.807, 2.05) is 6.92 Å². The summed E-state index contributed by atoms with van der Waals surface area (Å²) in [6, 6.07) is 2.25. The number of methoxy groups -OCH3 is 1. The van der Waals surface area contributed by atoms with Gasteiger partial charge in [-0.1, -0.05) is 37.6 Å². The molecule has 0 radical (unpaired) electrons. The molecule has 0 N–H and O–H groups in total. The van der Waals surface area contributed by atoms with E-state index in [-0.39, 0.29) is 5.92 Å². The molecule has 0 saturated carbocycles. The third-order valence-electron chi connectivity index (χ3n) is 3.20. The molecule has 0 aromatic rings. The van der Waals surface area contributed by atoms with E-state index in [0.29, 0.717) is 6.42 Å². The van der Waals surface area contributed by atoms with Crippen LogP contribution in [0.1, 0.15) is 47.0 Å². The quantitative estimate of drug-likeness (QED) is 0.480. The third kappa shape index (κ3) is 5.72. The number of hydrogen-bond donors (Lipinski definition) is 0. The van der Waals surface area contributed by atoms with Gasteiger partial charge in [-0.3, -0.25) is 0 Å². The molecule has 0 amide bonds. The molecule has 0 spiro atoms.